The monoisotopic (exact) mass is 997 g/mol. The molecule has 2 aliphatic carbocycles. The predicted molar refractivity (Wildman–Crippen MR) is 279 cm³/mol. The van der Waals surface area contributed by atoms with Crippen molar-refractivity contribution in [3.05, 3.63) is 155 Å². The fourth-order valence-corrected chi connectivity index (χ4v) is 11.2. The number of urea groups is 2. The highest BCUT2D eigenvalue weighted by Gasteiger charge is 2.41. The number of aryl methyl sites for hydroxylation is 2. The molecule has 4 fully saturated rings. The smallest absolute Gasteiger partial charge is 0.315 e. The largest absolute Gasteiger partial charge is 0.340 e. The number of hydrogen-bond acceptors (Lipinski definition) is 8. The van der Waals surface area contributed by atoms with E-state index in [4.69, 9.17) is 0 Å². The van der Waals surface area contributed by atoms with Crippen molar-refractivity contribution in [3.8, 4) is 22.5 Å². The van der Waals surface area contributed by atoms with E-state index in [-0.39, 0.29) is 12.1 Å². The Bertz CT molecular complexity index is 2730. The Labute approximate surface area is 430 Å². The Morgan fingerprint density at radius 1 is 0.486 bits per heavy atom. The molecule has 0 bridgehead atoms. The number of carbonyl (C=O) groups excluding carboxylic acids is 6. The first-order valence-corrected chi connectivity index (χ1v) is 26.4. The molecule has 4 aromatic carbocycles. The standard InChI is InChI=1S/C58H64N10O6/c69-51(49(41-13-3-1-4-14-41)65-57(73)61-43-17-7-8-18-43)55(71)67-33-11-21-47(67)53-59-35-45(63-53)39-29-25-37(26-30-39)23-24-38-27-31-40(32-28-38)46-36-60-54(64-46)48-22-12-34-68(48)56(72)52(70)50(42-15-5-2-6-16-42)66-58(74)62-44-19-9-10-20-44/h1-6,13-16,25-32,35-36,43-44,47-50H,7-12,17-24,33-34H2,(H,59,63)(H,60,64)(H2,61,65,73)(H2,62,66,74)/t47-,48+,49-,50-/m0/s1. The highest BCUT2D eigenvalue weighted by molar-refractivity contribution is 6.39. The quantitative estimate of drug-likeness (QED) is 0.0485. The van der Waals surface area contributed by atoms with Gasteiger partial charge in [-0.2, -0.15) is 0 Å². The summed E-state index contributed by atoms with van der Waals surface area (Å²) in [5.41, 5.74) is 6.98. The second kappa shape index (κ2) is 22.9. The summed E-state index contributed by atoms with van der Waals surface area (Å²) >= 11 is 0. The second-order valence-corrected chi connectivity index (χ2v) is 20.2. The molecule has 2 saturated carbocycles. The zero-order valence-corrected chi connectivity index (χ0v) is 41.6. The van der Waals surface area contributed by atoms with Crippen LogP contribution in [0.15, 0.2) is 122 Å². The zero-order chi connectivity index (χ0) is 51.0. The Hall–Kier alpha value is -7.88. The van der Waals surface area contributed by atoms with Gasteiger partial charge in [0, 0.05) is 25.2 Å². The summed E-state index contributed by atoms with van der Waals surface area (Å²) in [6, 6.07) is 30.7. The van der Waals surface area contributed by atoms with Crippen molar-refractivity contribution in [1.29, 1.82) is 0 Å². The van der Waals surface area contributed by atoms with Crippen molar-refractivity contribution in [2.24, 2.45) is 0 Å². The highest BCUT2D eigenvalue weighted by Crippen LogP contribution is 2.35. The average Bonchev–Trinajstić information content (AvgIpc) is 4.30. The number of ketones is 2. The molecule has 0 unspecified atom stereocenters. The number of carbonyl (C=O) groups is 6. The molecule has 382 valence electrons. The molecule has 6 aromatic rings. The minimum atomic E-state index is -1.12. The van der Waals surface area contributed by atoms with E-state index in [1.807, 2.05) is 12.1 Å². The third-order valence-electron chi connectivity index (χ3n) is 15.2. The van der Waals surface area contributed by atoms with Crippen molar-refractivity contribution in [2.45, 2.75) is 126 Å². The highest BCUT2D eigenvalue weighted by atomic mass is 16.2. The molecular weight excluding hydrogens is 933 g/mol. The Kier molecular flexibility index (Phi) is 15.4. The lowest BCUT2D eigenvalue weighted by atomic mass is 10.0. The molecular formula is C58H64N10O6. The minimum absolute atomic E-state index is 0.0626. The number of benzene rings is 4. The Morgan fingerprint density at radius 2 is 0.865 bits per heavy atom. The SMILES string of the molecule is O=C(NC1CCCC1)N[C@H](C(=O)C(=O)N1CCC[C@@H]1c1ncc(-c2ccc(CCc3ccc(-c4cnc([C@@H]5CCCN5C(=O)C(=O)[C@@H](NC(=O)NC5CCCC5)c5ccccc5)[nH]4)cc3)cc2)[nH]1)c1ccccc1. The summed E-state index contributed by atoms with van der Waals surface area (Å²) in [6.07, 6.45) is 15.8. The van der Waals surface area contributed by atoms with Crippen LogP contribution in [0.5, 0.6) is 0 Å². The van der Waals surface area contributed by atoms with Crippen molar-refractivity contribution in [1.82, 2.24) is 51.0 Å². The number of likely N-dealkylation sites (tertiary alicyclic amines) is 2. The van der Waals surface area contributed by atoms with Gasteiger partial charge in [0.1, 0.15) is 23.7 Å². The molecule has 2 saturated heterocycles. The van der Waals surface area contributed by atoms with E-state index in [1.54, 1.807) is 70.7 Å². The molecule has 74 heavy (non-hydrogen) atoms. The first-order chi connectivity index (χ1) is 36.1. The van der Waals surface area contributed by atoms with Gasteiger partial charge in [-0.3, -0.25) is 19.2 Å². The fraction of sp³-hybridized carbons (Fsp3) is 0.379. The first-order valence-electron chi connectivity index (χ1n) is 26.4. The van der Waals surface area contributed by atoms with Gasteiger partial charge in [-0.15, -0.1) is 0 Å². The van der Waals surface area contributed by atoms with Crippen molar-refractivity contribution < 1.29 is 28.8 Å². The van der Waals surface area contributed by atoms with Crippen LogP contribution in [0.2, 0.25) is 0 Å². The van der Waals surface area contributed by atoms with E-state index < -0.39 is 59.6 Å². The average molecular weight is 997 g/mol. The van der Waals surface area contributed by atoms with E-state index in [0.29, 0.717) is 48.7 Å². The maximum atomic E-state index is 14.0. The third kappa shape index (κ3) is 11.5. The van der Waals surface area contributed by atoms with Crippen LogP contribution in [0.3, 0.4) is 0 Å². The van der Waals surface area contributed by atoms with Gasteiger partial charge in [-0.25, -0.2) is 19.6 Å². The topological polar surface area (TPSA) is 214 Å². The summed E-state index contributed by atoms with van der Waals surface area (Å²) in [5.74, 6) is -1.42. The molecule has 0 radical (unpaired) electrons. The lowest BCUT2D eigenvalue weighted by Gasteiger charge is -2.26. The molecule has 6 amide bonds. The van der Waals surface area contributed by atoms with Gasteiger partial charge in [0.2, 0.25) is 11.6 Å². The number of imidazole rings is 2. The fourth-order valence-electron chi connectivity index (χ4n) is 11.2. The summed E-state index contributed by atoms with van der Waals surface area (Å²) in [4.78, 5) is 101. The molecule has 6 N–H and O–H groups in total. The van der Waals surface area contributed by atoms with Crippen LogP contribution in [-0.4, -0.2) is 90.4 Å². The second-order valence-electron chi connectivity index (χ2n) is 20.2. The van der Waals surface area contributed by atoms with Gasteiger partial charge in [0.05, 0.1) is 35.9 Å². The van der Waals surface area contributed by atoms with Gasteiger partial charge in [-0.1, -0.05) is 135 Å². The normalized spacial score (nSPS) is 18.8. The lowest BCUT2D eigenvalue weighted by Crippen LogP contribution is -2.48. The number of rotatable bonds is 17. The number of Topliss-reactive ketones (excluding diaryl/α,β-unsaturated/α-hetero) is 2. The summed E-state index contributed by atoms with van der Waals surface area (Å²) in [6.45, 7) is 0.823. The molecule has 4 atom stereocenters. The minimum Gasteiger partial charge on any atom is -0.340 e. The van der Waals surface area contributed by atoms with Crippen molar-refractivity contribution >= 4 is 35.4 Å². The van der Waals surface area contributed by atoms with Crippen LogP contribution in [0.25, 0.3) is 22.5 Å². The lowest BCUT2D eigenvalue weighted by molar-refractivity contribution is -0.146. The zero-order valence-electron chi connectivity index (χ0n) is 41.6. The molecule has 4 aliphatic rings. The van der Waals surface area contributed by atoms with Gasteiger partial charge in [-0.05, 0) is 97.6 Å². The maximum Gasteiger partial charge on any atom is 0.315 e. The molecule has 16 heteroatoms. The van der Waals surface area contributed by atoms with Crippen LogP contribution in [0, 0.1) is 0 Å². The number of aromatic nitrogens is 4. The molecule has 2 aliphatic heterocycles. The van der Waals surface area contributed by atoms with Gasteiger partial charge in [0.25, 0.3) is 11.8 Å². The van der Waals surface area contributed by atoms with Gasteiger partial charge < -0.3 is 41.0 Å². The van der Waals surface area contributed by atoms with E-state index in [9.17, 15) is 28.8 Å². The van der Waals surface area contributed by atoms with Crippen LogP contribution in [-0.2, 0) is 32.0 Å². The first kappa shape index (κ1) is 49.7. The molecule has 16 nitrogen and oxygen atoms in total. The number of hydrogen-bond donors (Lipinski definition) is 6. The summed E-state index contributed by atoms with van der Waals surface area (Å²) in [5, 5.41) is 11.6. The number of nitrogens with one attached hydrogen (secondary N) is 6. The van der Waals surface area contributed by atoms with Crippen LogP contribution in [0.4, 0.5) is 9.59 Å². The van der Waals surface area contributed by atoms with Crippen molar-refractivity contribution in [2.75, 3.05) is 13.1 Å². The molecule has 4 heterocycles. The van der Waals surface area contributed by atoms with Crippen LogP contribution >= 0.6 is 0 Å². The summed E-state index contributed by atoms with van der Waals surface area (Å²) in [7, 11) is 0. The van der Waals surface area contributed by atoms with E-state index in [0.717, 1.165) is 99.6 Å². The van der Waals surface area contributed by atoms with Crippen molar-refractivity contribution in [3.63, 3.8) is 0 Å². The molecule has 0 spiro atoms. The predicted octanol–water partition coefficient (Wildman–Crippen LogP) is 8.68. The number of amides is 6. The Morgan fingerprint density at radius 3 is 1.24 bits per heavy atom. The number of nitrogens with zero attached hydrogens (tertiary/aromatic N) is 4. The Balaban J connectivity index is 0.728. The maximum absolute atomic E-state index is 14.0. The van der Waals surface area contributed by atoms with Crippen LogP contribution in [0.1, 0.15) is 135 Å². The van der Waals surface area contributed by atoms with Gasteiger partial charge >= 0.3 is 12.1 Å². The third-order valence-corrected chi connectivity index (χ3v) is 15.2. The van der Waals surface area contributed by atoms with E-state index >= 15 is 0 Å². The summed E-state index contributed by atoms with van der Waals surface area (Å²) < 4.78 is 0. The number of H-pyrrole nitrogens is 2. The van der Waals surface area contributed by atoms with E-state index in [1.165, 1.54) is 11.1 Å². The number of aromatic amines is 2. The van der Waals surface area contributed by atoms with Crippen LogP contribution < -0.4 is 21.3 Å². The van der Waals surface area contributed by atoms with E-state index in [2.05, 4.69) is 89.7 Å². The van der Waals surface area contributed by atoms with Gasteiger partial charge in [0.15, 0.2) is 0 Å². The molecule has 10 rings (SSSR count). The molecule has 2 aromatic heterocycles.